The van der Waals surface area contributed by atoms with E-state index in [9.17, 15) is 13.2 Å². The average Bonchev–Trinajstić information content (AvgIpc) is 3.03. The summed E-state index contributed by atoms with van der Waals surface area (Å²) in [6.45, 7) is 1.84. The molecule has 0 fully saturated rings. The number of hydrogen-bond donors (Lipinski definition) is 2. The summed E-state index contributed by atoms with van der Waals surface area (Å²) in [4.78, 5) is 15.2. The van der Waals surface area contributed by atoms with Gasteiger partial charge < -0.3 is 5.11 Å². The van der Waals surface area contributed by atoms with E-state index in [1.54, 1.807) is 18.4 Å². The van der Waals surface area contributed by atoms with E-state index < -0.39 is 16.0 Å². The maximum atomic E-state index is 12.1. The molecule has 0 aliphatic rings. The molecule has 0 atom stereocenters. The fraction of sp³-hybridized carbons (Fsp3) is 0.167. The van der Waals surface area contributed by atoms with Gasteiger partial charge in [0.2, 0.25) is 0 Å². The largest absolute Gasteiger partial charge is 0.478 e. The summed E-state index contributed by atoms with van der Waals surface area (Å²) in [5.74, 6) is -1.05. The lowest BCUT2D eigenvalue weighted by molar-refractivity contribution is -0.131. The van der Waals surface area contributed by atoms with Crippen LogP contribution in [0.3, 0.4) is 0 Å². The van der Waals surface area contributed by atoms with Crippen LogP contribution in [-0.2, 0) is 21.4 Å². The number of aliphatic carboxylic acids is 1. The van der Waals surface area contributed by atoms with Gasteiger partial charge >= 0.3 is 5.97 Å². The third kappa shape index (κ3) is 4.21. The Labute approximate surface area is 129 Å². The van der Waals surface area contributed by atoms with Crippen molar-refractivity contribution in [1.29, 1.82) is 0 Å². The monoisotopic (exact) mass is 344 g/mol. The first kappa shape index (κ1) is 15.8. The summed E-state index contributed by atoms with van der Waals surface area (Å²) >= 11 is 2.46. The number of carboxylic acid groups (broad SMARTS) is 1. The molecule has 6 nitrogen and oxygen atoms in total. The maximum absolute atomic E-state index is 12.1. The molecule has 9 heteroatoms. The van der Waals surface area contributed by atoms with Crippen molar-refractivity contribution in [2.75, 3.05) is 0 Å². The third-order valence-corrected chi connectivity index (χ3v) is 6.18. The molecule has 0 saturated carbocycles. The molecule has 0 unspecified atom stereocenters. The van der Waals surface area contributed by atoms with Crippen molar-refractivity contribution in [1.82, 2.24) is 9.71 Å². The summed E-state index contributed by atoms with van der Waals surface area (Å²) in [6, 6.07) is 1.74. The van der Waals surface area contributed by atoms with Crippen molar-refractivity contribution in [3.63, 3.8) is 0 Å². The average molecular weight is 344 g/mol. The molecule has 2 aromatic heterocycles. The van der Waals surface area contributed by atoms with E-state index >= 15 is 0 Å². The predicted octanol–water partition coefficient (Wildman–Crippen LogP) is 2.09. The van der Waals surface area contributed by atoms with E-state index in [1.165, 1.54) is 23.6 Å². The van der Waals surface area contributed by atoms with Gasteiger partial charge in [-0.2, -0.15) is 0 Å². The van der Waals surface area contributed by atoms with Gasteiger partial charge in [-0.25, -0.2) is 22.9 Å². The first-order valence-corrected chi connectivity index (χ1v) is 8.96. The van der Waals surface area contributed by atoms with Gasteiger partial charge in [-0.15, -0.1) is 22.7 Å². The van der Waals surface area contributed by atoms with Crippen molar-refractivity contribution in [3.8, 4) is 0 Å². The summed E-state index contributed by atoms with van der Waals surface area (Å²) in [5, 5.41) is 11.1. The van der Waals surface area contributed by atoms with Gasteiger partial charge in [0.05, 0.1) is 11.2 Å². The molecule has 0 aliphatic heterocycles. The highest BCUT2D eigenvalue weighted by molar-refractivity contribution is 7.91. The van der Waals surface area contributed by atoms with Crippen LogP contribution < -0.4 is 4.72 Å². The number of rotatable bonds is 6. The fourth-order valence-electron chi connectivity index (χ4n) is 1.50. The number of aryl methyl sites for hydroxylation is 1. The number of hydrogen-bond acceptors (Lipinski definition) is 6. The van der Waals surface area contributed by atoms with Gasteiger partial charge in [0.25, 0.3) is 10.0 Å². The zero-order chi connectivity index (χ0) is 15.5. The number of aromatic nitrogens is 1. The molecule has 2 aromatic rings. The van der Waals surface area contributed by atoms with Gasteiger partial charge in [0, 0.05) is 17.5 Å². The standard InChI is InChI=1S/C12H12N2O4S3/c1-8-13-7-12(20-8)21(17,18)14-6-10-9(4-5-19-10)2-3-11(15)16/h2-5,7,14H,6H2,1H3,(H,15,16)/b3-2+. The zero-order valence-electron chi connectivity index (χ0n) is 10.9. The van der Waals surface area contributed by atoms with E-state index in [-0.39, 0.29) is 10.8 Å². The number of thiazole rings is 1. The molecule has 21 heavy (non-hydrogen) atoms. The Morgan fingerprint density at radius 2 is 2.29 bits per heavy atom. The van der Waals surface area contributed by atoms with Gasteiger partial charge in [-0.3, -0.25) is 0 Å². The SMILES string of the molecule is Cc1ncc(S(=O)(=O)NCc2sccc2/C=C/C(=O)O)s1. The van der Waals surface area contributed by atoms with E-state index in [2.05, 4.69) is 9.71 Å². The molecule has 2 N–H and O–H groups in total. The summed E-state index contributed by atoms with van der Waals surface area (Å²) in [7, 11) is -3.59. The molecule has 0 saturated heterocycles. The first-order chi connectivity index (χ1) is 9.88. The number of thiophene rings is 1. The van der Waals surface area contributed by atoms with Crippen molar-refractivity contribution >= 4 is 44.7 Å². The first-order valence-electron chi connectivity index (χ1n) is 5.78. The maximum Gasteiger partial charge on any atom is 0.328 e. The molecule has 2 heterocycles. The summed E-state index contributed by atoms with van der Waals surface area (Å²) in [5.41, 5.74) is 0.686. The molecule has 2 rings (SSSR count). The molecular weight excluding hydrogens is 332 g/mol. The van der Waals surface area contributed by atoms with Crippen LogP contribution in [0.2, 0.25) is 0 Å². The van der Waals surface area contributed by atoms with E-state index in [1.807, 2.05) is 0 Å². The minimum atomic E-state index is -3.59. The van der Waals surface area contributed by atoms with Crippen molar-refractivity contribution in [3.05, 3.63) is 39.2 Å². The smallest absolute Gasteiger partial charge is 0.328 e. The van der Waals surface area contributed by atoms with Crippen LogP contribution >= 0.6 is 22.7 Å². The Morgan fingerprint density at radius 3 is 2.90 bits per heavy atom. The quantitative estimate of drug-likeness (QED) is 0.782. The molecule has 0 spiro atoms. The Bertz CT molecular complexity index is 774. The second-order valence-electron chi connectivity index (χ2n) is 3.99. The van der Waals surface area contributed by atoms with Gasteiger partial charge in [-0.05, 0) is 30.0 Å². The molecule has 112 valence electrons. The predicted molar refractivity (Wildman–Crippen MR) is 81.9 cm³/mol. The Hall–Kier alpha value is -1.55. The number of nitrogens with one attached hydrogen (secondary N) is 1. The van der Waals surface area contributed by atoms with Crippen molar-refractivity contribution in [2.45, 2.75) is 17.7 Å². The van der Waals surface area contributed by atoms with Crippen LogP contribution in [0.15, 0.2) is 27.9 Å². The Kier molecular flexibility index (Phi) is 4.88. The molecule has 0 bridgehead atoms. The van der Waals surface area contributed by atoms with Crippen molar-refractivity contribution < 1.29 is 18.3 Å². The lowest BCUT2D eigenvalue weighted by atomic mass is 10.2. The molecule has 0 radical (unpaired) electrons. The molecular formula is C12H12N2O4S3. The molecule has 0 amide bonds. The second kappa shape index (κ2) is 6.48. The molecule has 0 aromatic carbocycles. The highest BCUT2D eigenvalue weighted by Crippen LogP contribution is 2.21. The minimum absolute atomic E-state index is 0.107. The van der Waals surface area contributed by atoms with Crippen LogP contribution in [0.5, 0.6) is 0 Å². The second-order valence-corrected chi connectivity index (χ2v) is 8.22. The molecule has 0 aliphatic carbocycles. The summed E-state index contributed by atoms with van der Waals surface area (Å²) in [6.07, 6.45) is 3.79. The fourth-order valence-corrected chi connectivity index (χ4v) is 4.55. The van der Waals surface area contributed by atoms with E-state index in [0.29, 0.717) is 10.6 Å². The number of carbonyl (C=O) groups is 1. The summed E-state index contributed by atoms with van der Waals surface area (Å²) < 4.78 is 26.8. The van der Waals surface area contributed by atoms with Gasteiger partial charge in [-0.1, -0.05) is 0 Å². The minimum Gasteiger partial charge on any atom is -0.478 e. The van der Waals surface area contributed by atoms with Crippen LogP contribution in [0.4, 0.5) is 0 Å². The van der Waals surface area contributed by atoms with Crippen LogP contribution in [-0.4, -0.2) is 24.5 Å². The highest BCUT2D eigenvalue weighted by atomic mass is 32.2. The number of sulfonamides is 1. The lowest BCUT2D eigenvalue weighted by Gasteiger charge is -2.03. The lowest BCUT2D eigenvalue weighted by Crippen LogP contribution is -2.22. The van der Waals surface area contributed by atoms with Gasteiger partial charge in [0.15, 0.2) is 4.21 Å². The third-order valence-electron chi connectivity index (χ3n) is 2.47. The van der Waals surface area contributed by atoms with Gasteiger partial charge in [0.1, 0.15) is 0 Å². The van der Waals surface area contributed by atoms with Crippen molar-refractivity contribution in [2.24, 2.45) is 0 Å². The zero-order valence-corrected chi connectivity index (χ0v) is 13.4. The number of nitrogens with zero attached hydrogens (tertiary/aromatic N) is 1. The highest BCUT2D eigenvalue weighted by Gasteiger charge is 2.17. The van der Waals surface area contributed by atoms with Crippen LogP contribution in [0.25, 0.3) is 6.08 Å². The topological polar surface area (TPSA) is 96.4 Å². The van der Waals surface area contributed by atoms with Crippen LogP contribution in [0.1, 0.15) is 15.4 Å². The normalized spacial score (nSPS) is 12.0. The Balaban J connectivity index is 2.10. The van der Waals surface area contributed by atoms with E-state index in [0.717, 1.165) is 22.3 Å². The number of carboxylic acids is 1. The van der Waals surface area contributed by atoms with E-state index in [4.69, 9.17) is 5.11 Å². The van der Waals surface area contributed by atoms with Crippen LogP contribution in [0, 0.1) is 6.92 Å². The Morgan fingerprint density at radius 1 is 1.52 bits per heavy atom.